The van der Waals surface area contributed by atoms with Crippen LogP contribution in [0, 0.1) is 5.92 Å². The summed E-state index contributed by atoms with van der Waals surface area (Å²) in [7, 11) is 0. The van der Waals surface area contributed by atoms with Gasteiger partial charge in [-0.25, -0.2) is 0 Å². The molecule has 1 saturated heterocycles. The van der Waals surface area contributed by atoms with Crippen molar-refractivity contribution >= 4 is 11.9 Å². The normalized spacial score (nSPS) is 20.4. The van der Waals surface area contributed by atoms with Gasteiger partial charge < -0.3 is 14.5 Å². The van der Waals surface area contributed by atoms with Crippen LogP contribution in [0.3, 0.4) is 0 Å². The topological polar surface area (TPSA) is 96.5 Å². The SMILES string of the molecule is CC1CCC(C(=O)O)CN1C(=O)c1ccc(-c2noc(C(F)F)n2)cc1. The average molecular weight is 365 g/mol. The number of nitrogens with zero attached hydrogens (tertiary/aromatic N) is 3. The zero-order valence-corrected chi connectivity index (χ0v) is 13.9. The maximum atomic E-state index is 12.7. The number of halogens is 2. The molecule has 1 fully saturated rings. The summed E-state index contributed by atoms with van der Waals surface area (Å²) in [6.45, 7) is 2.05. The van der Waals surface area contributed by atoms with Crippen LogP contribution in [0.2, 0.25) is 0 Å². The number of carboxylic acids is 1. The van der Waals surface area contributed by atoms with Crippen LogP contribution in [0.5, 0.6) is 0 Å². The molecule has 1 amide bonds. The molecule has 1 N–H and O–H groups in total. The number of hydrogen-bond acceptors (Lipinski definition) is 5. The van der Waals surface area contributed by atoms with E-state index in [2.05, 4.69) is 14.7 Å². The van der Waals surface area contributed by atoms with Gasteiger partial charge in [0, 0.05) is 23.7 Å². The lowest BCUT2D eigenvalue weighted by Gasteiger charge is -2.36. The fourth-order valence-corrected chi connectivity index (χ4v) is 2.96. The lowest BCUT2D eigenvalue weighted by atomic mass is 9.93. The third-order valence-electron chi connectivity index (χ3n) is 4.51. The van der Waals surface area contributed by atoms with E-state index in [4.69, 9.17) is 0 Å². The first-order valence-corrected chi connectivity index (χ1v) is 8.12. The molecule has 26 heavy (non-hydrogen) atoms. The Labute approximate surface area is 147 Å². The highest BCUT2D eigenvalue weighted by Gasteiger charge is 2.33. The number of aliphatic carboxylic acids is 1. The average Bonchev–Trinajstić information content (AvgIpc) is 3.12. The molecule has 1 aliphatic rings. The largest absolute Gasteiger partial charge is 0.481 e. The van der Waals surface area contributed by atoms with Crippen molar-refractivity contribution in [1.29, 1.82) is 0 Å². The summed E-state index contributed by atoms with van der Waals surface area (Å²) in [4.78, 5) is 29.1. The van der Waals surface area contributed by atoms with Gasteiger partial charge in [-0.1, -0.05) is 17.3 Å². The van der Waals surface area contributed by atoms with E-state index in [0.29, 0.717) is 24.0 Å². The van der Waals surface area contributed by atoms with Gasteiger partial charge in [0.2, 0.25) is 5.82 Å². The van der Waals surface area contributed by atoms with Crippen molar-refractivity contribution < 1.29 is 28.0 Å². The molecular weight excluding hydrogens is 348 g/mol. The van der Waals surface area contributed by atoms with E-state index in [1.165, 1.54) is 24.3 Å². The summed E-state index contributed by atoms with van der Waals surface area (Å²) < 4.78 is 29.5. The number of alkyl halides is 2. The highest BCUT2D eigenvalue weighted by atomic mass is 19.3. The van der Waals surface area contributed by atoms with E-state index >= 15 is 0 Å². The van der Waals surface area contributed by atoms with Crippen LogP contribution >= 0.6 is 0 Å². The fraction of sp³-hybridized carbons (Fsp3) is 0.412. The molecule has 2 atom stereocenters. The molecule has 9 heteroatoms. The molecule has 2 heterocycles. The number of carbonyl (C=O) groups excluding carboxylic acids is 1. The van der Waals surface area contributed by atoms with E-state index in [9.17, 15) is 23.5 Å². The molecule has 2 aromatic rings. The van der Waals surface area contributed by atoms with Crippen LogP contribution < -0.4 is 0 Å². The third-order valence-corrected chi connectivity index (χ3v) is 4.51. The smallest absolute Gasteiger partial charge is 0.315 e. The van der Waals surface area contributed by atoms with E-state index < -0.39 is 24.2 Å². The molecule has 1 aromatic carbocycles. The van der Waals surface area contributed by atoms with Gasteiger partial charge in [0.05, 0.1) is 5.92 Å². The minimum absolute atomic E-state index is 0.0107. The Morgan fingerprint density at radius 2 is 1.96 bits per heavy atom. The Morgan fingerprint density at radius 3 is 2.54 bits per heavy atom. The van der Waals surface area contributed by atoms with Crippen LogP contribution in [0.15, 0.2) is 28.8 Å². The number of likely N-dealkylation sites (tertiary alicyclic amines) is 1. The number of benzene rings is 1. The van der Waals surface area contributed by atoms with E-state index in [1.807, 2.05) is 6.92 Å². The minimum Gasteiger partial charge on any atom is -0.481 e. The Kier molecular flexibility index (Phi) is 4.97. The van der Waals surface area contributed by atoms with Crippen molar-refractivity contribution in [2.24, 2.45) is 5.92 Å². The molecule has 0 radical (unpaired) electrons. The van der Waals surface area contributed by atoms with Gasteiger partial charge in [-0.2, -0.15) is 13.8 Å². The van der Waals surface area contributed by atoms with Crippen LogP contribution in [-0.2, 0) is 4.79 Å². The van der Waals surface area contributed by atoms with Gasteiger partial charge >= 0.3 is 12.4 Å². The maximum absolute atomic E-state index is 12.7. The van der Waals surface area contributed by atoms with Gasteiger partial charge in [0.25, 0.3) is 11.8 Å². The van der Waals surface area contributed by atoms with Crippen LogP contribution in [0.1, 0.15) is 42.4 Å². The Hall–Kier alpha value is -2.84. The number of hydrogen-bond donors (Lipinski definition) is 1. The van der Waals surface area contributed by atoms with Crippen LogP contribution in [0.4, 0.5) is 8.78 Å². The molecule has 0 saturated carbocycles. The molecule has 0 aliphatic carbocycles. The second-order valence-electron chi connectivity index (χ2n) is 6.25. The second-order valence-corrected chi connectivity index (χ2v) is 6.25. The van der Waals surface area contributed by atoms with E-state index in [-0.39, 0.29) is 24.3 Å². The predicted molar refractivity (Wildman–Crippen MR) is 85.5 cm³/mol. The first-order valence-electron chi connectivity index (χ1n) is 8.12. The monoisotopic (exact) mass is 365 g/mol. The predicted octanol–water partition coefficient (Wildman–Crippen LogP) is 3.00. The highest BCUT2D eigenvalue weighted by Crippen LogP contribution is 2.25. The van der Waals surface area contributed by atoms with Gasteiger partial charge in [0.15, 0.2) is 0 Å². The molecule has 0 bridgehead atoms. The van der Waals surface area contributed by atoms with Crippen LogP contribution in [-0.4, -0.2) is 44.6 Å². The standard InChI is InChI=1S/C17H17F2N3O4/c1-9-2-3-12(17(24)25)8-22(9)16(23)11-6-4-10(5-7-11)14-20-15(13(18)19)26-21-14/h4-7,9,12-13H,2-3,8H2,1H3,(H,24,25). The zero-order chi connectivity index (χ0) is 18.8. The Morgan fingerprint density at radius 1 is 1.27 bits per heavy atom. The van der Waals surface area contributed by atoms with Gasteiger partial charge in [-0.15, -0.1) is 0 Å². The van der Waals surface area contributed by atoms with Crippen molar-refractivity contribution in [2.45, 2.75) is 32.2 Å². The molecule has 7 nitrogen and oxygen atoms in total. The van der Waals surface area contributed by atoms with E-state index in [0.717, 1.165) is 0 Å². The lowest BCUT2D eigenvalue weighted by molar-refractivity contribution is -0.143. The van der Waals surface area contributed by atoms with E-state index in [1.54, 1.807) is 4.90 Å². The highest BCUT2D eigenvalue weighted by molar-refractivity contribution is 5.95. The van der Waals surface area contributed by atoms with Crippen molar-refractivity contribution in [3.63, 3.8) is 0 Å². The van der Waals surface area contributed by atoms with Gasteiger partial charge in [0.1, 0.15) is 0 Å². The summed E-state index contributed by atoms with van der Waals surface area (Å²) in [5, 5.41) is 12.7. The molecule has 1 aliphatic heterocycles. The van der Waals surface area contributed by atoms with Gasteiger partial charge in [-0.05, 0) is 31.9 Å². The second kappa shape index (κ2) is 7.19. The number of piperidine rings is 1. The third kappa shape index (κ3) is 3.56. The molecule has 2 unspecified atom stereocenters. The number of carboxylic acid groups (broad SMARTS) is 1. The summed E-state index contributed by atoms with van der Waals surface area (Å²) in [6.07, 6.45) is -1.68. The molecule has 1 aromatic heterocycles. The number of aromatic nitrogens is 2. The first-order chi connectivity index (χ1) is 12.4. The zero-order valence-electron chi connectivity index (χ0n) is 13.9. The first kappa shape index (κ1) is 18.0. The summed E-state index contributed by atoms with van der Waals surface area (Å²) in [5.41, 5.74) is 0.816. The van der Waals surface area contributed by atoms with Crippen molar-refractivity contribution in [3.05, 3.63) is 35.7 Å². The van der Waals surface area contributed by atoms with Crippen molar-refractivity contribution in [1.82, 2.24) is 15.0 Å². The molecular formula is C17H17F2N3O4. The van der Waals surface area contributed by atoms with Crippen LogP contribution in [0.25, 0.3) is 11.4 Å². The summed E-state index contributed by atoms with van der Waals surface area (Å²) in [6, 6.07) is 6.09. The quantitative estimate of drug-likeness (QED) is 0.895. The number of amides is 1. The molecule has 138 valence electrons. The molecule has 3 rings (SSSR count). The minimum atomic E-state index is -2.85. The van der Waals surface area contributed by atoms with Crippen molar-refractivity contribution in [3.8, 4) is 11.4 Å². The Bertz CT molecular complexity index is 807. The van der Waals surface area contributed by atoms with Crippen molar-refractivity contribution in [2.75, 3.05) is 6.54 Å². The lowest BCUT2D eigenvalue weighted by Crippen LogP contribution is -2.47. The van der Waals surface area contributed by atoms with Gasteiger partial charge in [-0.3, -0.25) is 9.59 Å². The number of carbonyl (C=O) groups is 2. The number of rotatable bonds is 4. The maximum Gasteiger partial charge on any atom is 0.315 e. The Balaban J connectivity index is 1.76. The molecule has 0 spiro atoms. The fourth-order valence-electron chi connectivity index (χ4n) is 2.96. The summed E-state index contributed by atoms with van der Waals surface area (Å²) >= 11 is 0. The summed E-state index contributed by atoms with van der Waals surface area (Å²) in [5.74, 6) is -2.49.